The fourth-order valence-corrected chi connectivity index (χ4v) is 2.32. The summed E-state index contributed by atoms with van der Waals surface area (Å²) in [5.41, 5.74) is 5.65. The van der Waals surface area contributed by atoms with E-state index in [0.29, 0.717) is 17.4 Å². The number of hydrogen-bond acceptors (Lipinski definition) is 6. The molecule has 0 amide bonds. The molecule has 0 aliphatic rings. The lowest BCUT2D eigenvalue weighted by molar-refractivity contribution is 0.683. The van der Waals surface area contributed by atoms with E-state index in [1.165, 1.54) is 0 Å². The molecule has 0 aromatic carbocycles. The van der Waals surface area contributed by atoms with Crippen molar-refractivity contribution in [2.24, 2.45) is 0 Å². The highest BCUT2D eigenvalue weighted by Gasteiger charge is 2.07. The van der Waals surface area contributed by atoms with Gasteiger partial charge in [0.05, 0.1) is 0 Å². The van der Waals surface area contributed by atoms with Gasteiger partial charge in [0.25, 0.3) is 0 Å². The molecule has 0 spiro atoms. The molecule has 1 rings (SSSR count). The van der Waals surface area contributed by atoms with Gasteiger partial charge in [-0.15, -0.1) is 0 Å². The number of aromatic nitrogens is 2. The van der Waals surface area contributed by atoms with Crippen molar-refractivity contribution in [2.45, 2.75) is 26.3 Å². The van der Waals surface area contributed by atoms with Crippen LogP contribution in [0, 0.1) is 0 Å². The molecule has 0 saturated carbocycles. The van der Waals surface area contributed by atoms with Crippen LogP contribution in [0.15, 0.2) is 6.07 Å². The Labute approximate surface area is 110 Å². The minimum Gasteiger partial charge on any atom is -0.370 e. The van der Waals surface area contributed by atoms with Crippen LogP contribution in [0.2, 0.25) is 0 Å². The Morgan fingerprint density at radius 3 is 2.72 bits per heavy atom. The molecule has 0 aliphatic carbocycles. The maximum atomic E-state index is 11.1. The fourth-order valence-electron chi connectivity index (χ4n) is 1.53. The highest BCUT2D eigenvalue weighted by Crippen LogP contribution is 2.13. The SMILES string of the molecule is CCCNc1cc(NC(C)CS(C)=O)nc(N)n1. The molecule has 18 heavy (non-hydrogen) atoms. The second-order valence-corrected chi connectivity index (χ2v) is 5.69. The normalized spacial score (nSPS) is 13.9. The van der Waals surface area contributed by atoms with E-state index in [1.807, 2.05) is 6.92 Å². The molecule has 6 nitrogen and oxygen atoms in total. The summed E-state index contributed by atoms with van der Waals surface area (Å²) in [6.45, 7) is 4.87. The molecule has 1 aromatic heterocycles. The second-order valence-electron chi connectivity index (χ2n) is 4.21. The summed E-state index contributed by atoms with van der Waals surface area (Å²) in [7, 11) is -0.838. The highest BCUT2D eigenvalue weighted by atomic mass is 32.2. The van der Waals surface area contributed by atoms with Gasteiger partial charge in [-0.05, 0) is 13.3 Å². The number of nitrogen functional groups attached to an aromatic ring is 1. The average Bonchev–Trinajstić information content (AvgIpc) is 2.24. The topological polar surface area (TPSA) is 92.9 Å². The summed E-state index contributed by atoms with van der Waals surface area (Å²) in [6.07, 6.45) is 2.69. The van der Waals surface area contributed by atoms with Crippen LogP contribution in [0.5, 0.6) is 0 Å². The molecule has 2 unspecified atom stereocenters. The quantitative estimate of drug-likeness (QED) is 0.686. The zero-order valence-corrected chi connectivity index (χ0v) is 11.9. The first-order valence-corrected chi connectivity index (χ1v) is 7.69. The van der Waals surface area contributed by atoms with Crippen LogP contribution < -0.4 is 16.4 Å². The number of anilines is 3. The summed E-state index contributed by atoms with van der Waals surface area (Å²) in [5, 5.41) is 6.33. The maximum absolute atomic E-state index is 11.1. The molecule has 0 saturated heterocycles. The maximum Gasteiger partial charge on any atom is 0.223 e. The van der Waals surface area contributed by atoms with Gasteiger partial charge in [0.1, 0.15) is 11.6 Å². The molecule has 2 atom stereocenters. The van der Waals surface area contributed by atoms with E-state index in [-0.39, 0.29) is 12.0 Å². The molecule has 1 heterocycles. The molecule has 102 valence electrons. The van der Waals surface area contributed by atoms with Crippen molar-refractivity contribution in [1.82, 2.24) is 9.97 Å². The van der Waals surface area contributed by atoms with Gasteiger partial charge in [-0.25, -0.2) is 0 Å². The average molecular weight is 271 g/mol. The predicted molar refractivity (Wildman–Crippen MR) is 77.2 cm³/mol. The van der Waals surface area contributed by atoms with Gasteiger partial charge in [0.2, 0.25) is 5.95 Å². The van der Waals surface area contributed by atoms with Crippen LogP contribution in [-0.2, 0) is 10.8 Å². The summed E-state index contributed by atoms with van der Waals surface area (Å²) in [4.78, 5) is 8.20. The van der Waals surface area contributed by atoms with Gasteiger partial charge in [0.15, 0.2) is 0 Å². The van der Waals surface area contributed by atoms with Gasteiger partial charge in [-0.2, -0.15) is 9.97 Å². The number of nitrogens with one attached hydrogen (secondary N) is 2. The second kappa shape index (κ2) is 7.15. The smallest absolute Gasteiger partial charge is 0.223 e. The minimum atomic E-state index is -0.838. The van der Waals surface area contributed by atoms with Crippen LogP contribution in [0.3, 0.4) is 0 Å². The number of rotatable bonds is 7. The zero-order chi connectivity index (χ0) is 13.5. The first-order chi connectivity index (χ1) is 8.51. The van der Waals surface area contributed by atoms with Crippen molar-refractivity contribution >= 4 is 28.4 Å². The van der Waals surface area contributed by atoms with Gasteiger partial charge in [-0.1, -0.05) is 6.92 Å². The summed E-state index contributed by atoms with van der Waals surface area (Å²) in [5.74, 6) is 2.15. The summed E-state index contributed by atoms with van der Waals surface area (Å²) in [6, 6.07) is 1.88. The molecule has 0 aliphatic heterocycles. The van der Waals surface area contributed by atoms with Crippen LogP contribution in [0.4, 0.5) is 17.6 Å². The van der Waals surface area contributed by atoms with Crippen LogP contribution in [0.1, 0.15) is 20.3 Å². The van der Waals surface area contributed by atoms with E-state index in [0.717, 1.165) is 13.0 Å². The third kappa shape index (κ3) is 5.31. The number of hydrogen-bond donors (Lipinski definition) is 3. The molecule has 0 fully saturated rings. The van der Waals surface area contributed by atoms with Crippen molar-refractivity contribution < 1.29 is 4.21 Å². The van der Waals surface area contributed by atoms with Gasteiger partial charge >= 0.3 is 0 Å². The Balaban J connectivity index is 2.69. The van der Waals surface area contributed by atoms with E-state index >= 15 is 0 Å². The van der Waals surface area contributed by atoms with E-state index in [9.17, 15) is 4.21 Å². The molecule has 0 radical (unpaired) electrons. The van der Waals surface area contributed by atoms with E-state index in [2.05, 4.69) is 27.5 Å². The Morgan fingerprint density at radius 2 is 2.11 bits per heavy atom. The molecule has 0 bridgehead atoms. The Bertz CT molecular complexity index is 412. The molecular formula is C11H21N5OS. The molecule has 4 N–H and O–H groups in total. The summed E-state index contributed by atoms with van der Waals surface area (Å²) >= 11 is 0. The first kappa shape index (κ1) is 14.7. The monoisotopic (exact) mass is 271 g/mol. The fraction of sp³-hybridized carbons (Fsp3) is 0.636. The predicted octanol–water partition coefficient (Wildman–Crippen LogP) is 1.06. The minimum absolute atomic E-state index is 0.0733. The lowest BCUT2D eigenvalue weighted by Crippen LogP contribution is -2.23. The standard InChI is InChI=1S/C11H21N5OS/c1-4-5-13-9-6-10(16-11(12)15-9)14-8(2)7-18(3)17/h6,8H,4-5,7H2,1-3H3,(H4,12,13,14,15,16). The van der Waals surface area contributed by atoms with Crippen molar-refractivity contribution in [3.05, 3.63) is 6.07 Å². The van der Waals surface area contributed by atoms with Gasteiger partial charge in [0, 0.05) is 41.5 Å². The van der Waals surface area contributed by atoms with E-state index in [4.69, 9.17) is 5.73 Å². The molecule has 1 aromatic rings. The highest BCUT2D eigenvalue weighted by molar-refractivity contribution is 7.84. The van der Waals surface area contributed by atoms with Crippen LogP contribution in [0.25, 0.3) is 0 Å². The van der Waals surface area contributed by atoms with Gasteiger partial charge in [-0.3, -0.25) is 4.21 Å². The Morgan fingerprint density at radius 1 is 1.44 bits per heavy atom. The van der Waals surface area contributed by atoms with E-state index < -0.39 is 10.8 Å². The van der Waals surface area contributed by atoms with Crippen molar-refractivity contribution in [3.8, 4) is 0 Å². The first-order valence-electron chi connectivity index (χ1n) is 5.96. The lowest BCUT2D eigenvalue weighted by Gasteiger charge is -2.14. The molecule has 7 heteroatoms. The number of nitrogens with two attached hydrogens (primary N) is 1. The third-order valence-corrected chi connectivity index (χ3v) is 3.15. The Kier molecular flexibility index (Phi) is 5.84. The van der Waals surface area contributed by atoms with Crippen molar-refractivity contribution in [1.29, 1.82) is 0 Å². The molecular weight excluding hydrogens is 250 g/mol. The largest absolute Gasteiger partial charge is 0.370 e. The third-order valence-electron chi connectivity index (χ3n) is 2.18. The number of nitrogens with zero attached hydrogens (tertiary/aromatic N) is 2. The Hall–Kier alpha value is -1.37. The summed E-state index contributed by atoms with van der Waals surface area (Å²) < 4.78 is 11.1. The zero-order valence-electron chi connectivity index (χ0n) is 11.1. The van der Waals surface area contributed by atoms with Gasteiger partial charge < -0.3 is 16.4 Å². The van der Waals surface area contributed by atoms with Crippen molar-refractivity contribution in [2.75, 3.05) is 34.9 Å². The van der Waals surface area contributed by atoms with Crippen LogP contribution >= 0.6 is 0 Å². The van der Waals surface area contributed by atoms with E-state index in [1.54, 1.807) is 12.3 Å². The van der Waals surface area contributed by atoms with Crippen LogP contribution in [-0.4, -0.2) is 38.8 Å². The van der Waals surface area contributed by atoms with Crippen molar-refractivity contribution in [3.63, 3.8) is 0 Å². The lowest BCUT2D eigenvalue weighted by atomic mass is 10.4.